The second kappa shape index (κ2) is 6.95. The molecule has 6 rings (SSSR count). The minimum absolute atomic E-state index is 0.108. The quantitative estimate of drug-likeness (QED) is 0.236. The van der Waals surface area contributed by atoms with Crippen LogP contribution in [0, 0.1) is 13.8 Å². The molecule has 1 aliphatic carbocycles. The topological polar surface area (TPSA) is 17.0 Å². The van der Waals surface area contributed by atoms with Gasteiger partial charge < -0.3 is 4.42 Å². The lowest BCUT2D eigenvalue weighted by Crippen LogP contribution is -2.34. The zero-order chi connectivity index (χ0) is 24.0. The molecule has 2 heterocycles. The van der Waals surface area contributed by atoms with Gasteiger partial charge in [-0.3, -0.25) is 0 Å². The highest BCUT2D eigenvalue weighted by molar-refractivity contribution is 6.19. The number of pyridine rings is 1. The molecule has 2 nitrogen and oxygen atoms in total. The predicted octanol–water partition coefficient (Wildman–Crippen LogP) is 8.20. The van der Waals surface area contributed by atoms with Gasteiger partial charge in [0.2, 0.25) is 5.69 Å². The molecule has 2 heteroatoms. The molecule has 0 saturated carbocycles. The van der Waals surface area contributed by atoms with E-state index >= 15 is 0 Å². The van der Waals surface area contributed by atoms with Gasteiger partial charge in [-0.25, -0.2) is 4.57 Å². The van der Waals surface area contributed by atoms with Crippen LogP contribution in [0.25, 0.3) is 44.0 Å². The van der Waals surface area contributed by atoms with Crippen molar-refractivity contribution in [3.63, 3.8) is 0 Å². The van der Waals surface area contributed by atoms with Crippen LogP contribution < -0.4 is 4.57 Å². The van der Waals surface area contributed by atoms with Gasteiger partial charge in [-0.1, -0.05) is 52.0 Å². The summed E-state index contributed by atoms with van der Waals surface area (Å²) in [7, 11) is 2.11. The van der Waals surface area contributed by atoms with Gasteiger partial charge in [-0.05, 0) is 77.3 Å². The zero-order valence-corrected chi connectivity index (χ0v) is 21.5. The van der Waals surface area contributed by atoms with Crippen LogP contribution in [0.3, 0.4) is 0 Å². The van der Waals surface area contributed by atoms with Gasteiger partial charge in [-0.15, -0.1) is 0 Å². The fraction of sp³-hybridized carbons (Fsp3) is 0.344. The molecule has 2 aromatic heterocycles. The minimum Gasteiger partial charge on any atom is -0.454 e. The van der Waals surface area contributed by atoms with E-state index in [0.29, 0.717) is 0 Å². The lowest BCUT2D eigenvalue weighted by atomic mass is 9.62. The molecule has 0 N–H and O–H groups in total. The number of hydrogen-bond acceptors (Lipinski definition) is 1. The molecule has 0 fully saturated rings. The fourth-order valence-corrected chi connectivity index (χ4v) is 6.43. The Bertz CT molecular complexity index is 1630. The molecule has 172 valence electrons. The first-order chi connectivity index (χ1) is 16.1. The summed E-state index contributed by atoms with van der Waals surface area (Å²) in [6, 6.07) is 17.9. The van der Waals surface area contributed by atoms with Crippen molar-refractivity contribution in [2.75, 3.05) is 0 Å². The van der Waals surface area contributed by atoms with Crippen molar-refractivity contribution in [1.82, 2.24) is 0 Å². The maximum Gasteiger partial charge on any atom is 0.216 e. The van der Waals surface area contributed by atoms with Gasteiger partial charge in [0.15, 0.2) is 6.20 Å². The van der Waals surface area contributed by atoms with Crippen molar-refractivity contribution in [3.8, 4) is 11.3 Å². The van der Waals surface area contributed by atoms with Gasteiger partial charge >= 0.3 is 0 Å². The van der Waals surface area contributed by atoms with E-state index in [1.54, 1.807) is 0 Å². The van der Waals surface area contributed by atoms with Crippen LogP contribution in [0.2, 0.25) is 0 Å². The van der Waals surface area contributed by atoms with Crippen LogP contribution >= 0.6 is 0 Å². The number of fused-ring (bicyclic) bond motifs is 7. The van der Waals surface area contributed by atoms with Crippen LogP contribution in [0.1, 0.15) is 62.8 Å². The van der Waals surface area contributed by atoms with E-state index in [1.165, 1.54) is 67.9 Å². The summed E-state index contributed by atoms with van der Waals surface area (Å²) in [5, 5.41) is 5.06. The molecule has 0 aliphatic heterocycles. The molecular formula is C32H34NO+. The minimum atomic E-state index is 0.108. The molecule has 0 amide bonds. The standard InChI is InChI=1S/C32H34NO/c1-19-18-20(2)26(24-10-8-9-17-33(24)7)30-25(19)22-13-11-21-12-14-23-28(27(21)29(22)34-30)32(5,6)16-15-31(23,3)4/h8-14,17-18H,15-16H2,1-7H3/q+1. The van der Waals surface area contributed by atoms with Gasteiger partial charge in [0, 0.05) is 28.3 Å². The number of benzene rings is 3. The largest absolute Gasteiger partial charge is 0.454 e. The van der Waals surface area contributed by atoms with Gasteiger partial charge in [0.25, 0.3) is 0 Å². The highest BCUT2D eigenvalue weighted by Gasteiger charge is 2.39. The average Bonchev–Trinajstić information content (AvgIpc) is 3.17. The Morgan fingerprint density at radius 3 is 2.29 bits per heavy atom. The number of furan rings is 1. The van der Waals surface area contributed by atoms with Gasteiger partial charge in [0.05, 0.1) is 5.56 Å². The highest BCUT2D eigenvalue weighted by Crippen LogP contribution is 2.51. The van der Waals surface area contributed by atoms with Crippen LogP contribution in [0.4, 0.5) is 0 Å². The number of aromatic nitrogens is 1. The summed E-state index contributed by atoms with van der Waals surface area (Å²) >= 11 is 0. The van der Waals surface area contributed by atoms with E-state index in [9.17, 15) is 0 Å². The molecule has 5 aromatic rings. The zero-order valence-electron chi connectivity index (χ0n) is 21.5. The van der Waals surface area contributed by atoms with Crippen LogP contribution in [-0.2, 0) is 17.9 Å². The monoisotopic (exact) mass is 448 g/mol. The van der Waals surface area contributed by atoms with E-state index < -0.39 is 0 Å². The average molecular weight is 449 g/mol. The Balaban J connectivity index is 1.83. The van der Waals surface area contributed by atoms with E-state index in [1.807, 2.05) is 0 Å². The summed E-state index contributed by atoms with van der Waals surface area (Å²) in [6.45, 7) is 14.0. The van der Waals surface area contributed by atoms with Gasteiger partial charge in [0.1, 0.15) is 18.2 Å². The molecule has 0 unspecified atom stereocenters. The predicted molar refractivity (Wildman–Crippen MR) is 143 cm³/mol. The first-order valence-corrected chi connectivity index (χ1v) is 12.5. The van der Waals surface area contributed by atoms with Gasteiger partial charge in [-0.2, -0.15) is 0 Å². The van der Waals surface area contributed by atoms with E-state index in [-0.39, 0.29) is 10.8 Å². The van der Waals surface area contributed by atoms with Crippen molar-refractivity contribution in [2.45, 2.75) is 65.2 Å². The Morgan fingerprint density at radius 1 is 0.794 bits per heavy atom. The molecule has 34 heavy (non-hydrogen) atoms. The van der Waals surface area contributed by atoms with E-state index in [4.69, 9.17) is 4.42 Å². The van der Waals surface area contributed by atoms with Crippen molar-refractivity contribution in [3.05, 3.63) is 77.0 Å². The molecule has 0 atom stereocenters. The van der Waals surface area contributed by atoms with Crippen LogP contribution in [-0.4, -0.2) is 0 Å². The number of rotatable bonds is 1. The molecule has 3 aromatic carbocycles. The van der Waals surface area contributed by atoms with Crippen LogP contribution in [0.15, 0.2) is 59.1 Å². The molecular weight excluding hydrogens is 414 g/mol. The normalized spacial score (nSPS) is 16.9. The van der Waals surface area contributed by atoms with Crippen molar-refractivity contribution >= 4 is 32.7 Å². The SMILES string of the molecule is Cc1cc(C)c2c(oc3c2ccc2ccc4c(c23)C(C)(C)CCC4(C)C)c1-c1cccc[n+]1C. The number of hydrogen-bond donors (Lipinski definition) is 0. The summed E-state index contributed by atoms with van der Waals surface area (Å²) in [5.41, 5.74) is 10.2. The molecule has 0 spiro atoms. The Morgan fingerprint density at radius 2 is 1.53 bits per heavy atom. The third-order valence-corrected chi connectivity index (χ3v) is 8.38. The van der Waals surface area contributed by atoms with Crippen LogP contribution in [0.5, 0.6) is 0 Å². The first-order valence-electron chi connectivity index (χ1n) is 12.5. The fourth-order valence-electron chi connectivity index (χ4n) is 6.43. The third kappa shape index (κ3) is 2.84. The maximum absolute atomic E-state index is 6.98. The molecule has 0 bridgehead atoms. The number of nitrogens with zero attached hydrogens (tertiary/aromatic N) is 1. The Labute approximate surface area is 202 Å². The molecule has 0 saturated heterocycles. The van der Waals surface area contributed by atoms with Crippen molar-refractivity contribution in [1.29, 1.82) is 0 Å². The lowest BCUT2D eigenvalue weighted by molar-refractivity contribution is -0.660. The first kappa shape index (κ1) is 21.4. The third-order valence-electron chi connectivity index (χ3n) is 8.38. The molecule has 0 radical (unpaired) electrons. The Hall–Kier alpha value is -3.13. The van der Waals surface area contributed by atoms with E-state index in [0.717, 1.165) is 11.2 Å². The highest BCUT2D eigenvalue weighted by atomic mass is 16.3. The lowest BCUT2D eigenvalue weighted by Gasteiger charge is -2.42. The van der Waals surface area contributed by atoms with Crippen molar-refractivity contribution < 1.29 is 8.98 Å². The Kier molecular flexibility index (Phi) is 4.37. The second-order valence-electron chi connectivity index (χ2n) is 11.7. The smallest absolute Gasteiger partial charge is 0.216 e. The maximum atomic E-state index is 6.98. The summed E-state index contributed by atoms with van der Waals surface area (Å²) in [6.07, 6.45) is 4.51. The number of aryl methyl sites for hydroxylation is 3. The molecule has 1 aliphatic rings. The summed E-state index contributed by atoms with van der Waals surface area (Å²) < 4.78 is 9.17. The van der Waals surface area contributed by atoms with E-state index in [2.05, 4.69) is 108 Å². The summed E-state index contributed by atoms with van der Waals surface area (Å²) in [5.74, 6) is 0. The second-order valence-corrected chi connectivity index (χ2v) is 11.7. The van der Waals surface area contributed by atoms with Crippen molar-refractivity contribution in [2.24, 2.45) is 7.05 Å². The summed E-state index contributed by atoms with van der Waals surface area (Å²) in [4.78, 5) is 0.